The number of para-hydroxylation sites is 1. The van der Waals surface area contributed by atoms with Crippen LogP contribution in [0.1, 0.15) is 17.7 Å². The van der Waals surface area contributed by atoms with Gasteiger partial charge in [-0.1, -0.05) is 30.3 Å². The second-order valence-electron chi connectivity index (χ2n) is 5.84. The number of rotatable bonds is 6. The lowest BCUT2D eigenvalue weighted by molar-refractivity contribution is -0.121. The maximum absolute atomic E-state index is 12.0. The summed E-state index contributed by atoms with van der Waals surface area (Å²) < 4.78 is 1.89. The third-order valence-electron chi connectivity index (χ3n) is 4.07. The Morgan fingerprint density at radius 3 is 2.71 bits per heavy atom. The number of hydrogen-bond donors (Lipinski definition) is 2. The Balaban J connectivity index is 1.49. The second-order valence-corrected chi connectivity index (χ2v) is 5.84. The first-order chi connectivity index (χ1) is 11.6. The molecule has 0 saturated heterocycles. The van der Waals surface area contributed by atoms with E-state index >= 15 is 0 Å². The van der Waals surface area contributed by atoms with Crippen LogP contribution in [0.5, 0.6) is 5.75 Å². The number of aromatic nitrogens is 2. The number of aryl methyl sites for hydroxylation is 2. The van der Waals surface area contributed by atoms with Crippen molar-refractivity contribution < 1.29 is 9.90 Å². The number of phenolic OH excluding ortho intramolecular Hbond substituents is 1. The zero-order valence-electron chi connectivity index (χ0n) is 13.7. The molecule has 0 aliphatic heterocycles. The number of benzene rings is 2. The lowest BCUT2D eigenvalue weighted by Crippen LogP contribution is -2.26. The molecular weight excluding hydrogens is 302 g/mol. The lowest BCUT2D eigenvalue weighted by Gasteiger charge is -2.06. The van der Waals surface area contributed by atoms with Crippen molar-refractivity contribution in [1.82, 2.24) is 15.1 Å². The number of carbonyl (C=O) groups excluding carboxylic acids is 1. The molecule has 0 unspecified atom stereocenters. The molecule has 3 rings (SSSR count). The van der Waals surface area contributed by atoms with E-state index in [1.54, 1.807) is 12.1 Å². The molecule has 0 fully saturated rings. The van der Waals surface area contributed by atoms with Gasteiger partial charge < -0.3 is 10.4 Å². The summed E-state index contributed by atoms with van der Waals surface area (Å²) in [4.78, 5) is 12.0. The van der Waals surface area contributed by atoms with Gasteiger partial charge in [0.25, 0.3) is 0 Å². The van der Waals surface area contributed by atoms with Crippen LogP contribution >= 0.6 is 0 Å². The number of amides is 1. The molecule has 0 saturated carbocycles. The van der Waals surface area contributed by atoms with Crippen molar-refractivity contribution in [3.8, 4) is 5.75 Å². The van der Waals surface area contributed by atoms with E-state index in [4.69, 9.17) is 0 Å². The van der Waals surface area contributed by atoms with E-state index in [0.717, 1.165) is 28.6 Å². The quantitative estimate of drug-likeness (QED) is 0.733. The van der Waals surface area contributed by atoms with Crippen molar-refractivity contribution >= 4 is 16.8 Å². The molecule has 0 aliphatic rings. The van der Waals surface area contributed by atoms with E-state index < -0.39 is 0 Å². The minimum absolute atomic E-state index is 0.0195. The van der Waals surface area contributed by atoms with Gasteiger partial charge in [-0.05, 0) is 37.1 Å². The van der Waals surface area contributed by atoms with Gasteiger partial charge in [-0.25, -0.2) is 0 Å². The van der Waals surface area contributed by atoms with Gasteiger partial charge in [0, 0.05) is 18.4 Å². The van der Waals surface area contributed by atoms with Crippen LogP contribution in [0, 0.1) is 6.92 Å². The molecule has 1 aromatic heterocycles. The first-order valence-electron chi connectivity index (χ1n) is 8.10. The molecule has 0 radical (unpaired) electrons. The summed E-state index contributed by atoms with van der Waals surface area (Å²) in [5, 5.41) is 17.8. The summed E-state index contributed by atoms with van der Waals surface area (Å²) in [6.07, 6.45) is 1.15. The highest BCUT2D eigenvalue weighted by molar-refractivity contribution is 5.82. The number of fused-ring (bicyclic) bond motifs is 1. The number of hydrogen-bond acceptors (Lipinski definition) is 3. The van der Waals surface area contributed by atoms with Crippen molar-refractivity contribution in [1.29, 1.82) is 0 Å². The zero-order valence-corrected chi connectivity index (χ0v) is 13.7. The molecule has 5 nitrogen and oxygen atoms in total. The fraction of sp³-hybridized carbons (Fsp3) is 0.263. The van der Waals surface area contributed by atoms with E-state index in [2.05, 4.69) is 10.4 Å². The van der Waals surface area contributed by atoms with E-state index in [-0.39, 0.29) is 11.7 Å². The van der Waals surface area contributed by atoms with Gasteiger partial charge in [-0.3, -0.25) is 9.48 Å². The monoisotopic (exact) mass is 323 g/mol. The van der Waals surface area contributed by atoms with Crippen molar-refractivity contribution in [2.45, 2.75) is 26.3 Å². The number of carbonyl (C=O) groups is 1. The van der Waals surface area contributed by atoms with Gasteiger partial charge in [0.05, 0.1) is 17.8 Å². The van der Waals surface area contributed by atoms with Gasteiger partial charge >= 0.3 is 0 Å². The van der Waals surface area contributed by atoms with Gasteiger partial charge in [-0.2, -0.15) is 5.10 Å². The van der Waals surface area contributed by atoms with Gasteiger partial charge in [-0.15, -0.1) is 0 Å². The summed E-state index contributed by atoms with van der Waals surface area (Å²) in [6, 6.07) is 15.1. The van der Waals surface area contributed by atoms with Crippen LogP contribution in [0.25, 0.3) is 10.9 Å². The molecule has 0 spiro atoms. The van der Waals surface area contributed by atoms with Crippen LogP contribution in [0.3, 0.4) is 0 Å². The summed E-state index contributed by atoms with van der Waals surface area (Å²) in [5.74, 6) is 0.274. The van der Waals surface area contributed by atoms with Crippen molar-refractivity contribution in [3.05, 3.63) is 59.8 Å². The van der Waals surface area contributed by atoms with Gasteiger partial charge in [0.1, 0.15) is 5.75 Å². The summed E-state index contributed by atoms with van der Waals surface area (Å²) in [6.45, 7) is 3.14. The maximum atomic E-state index is 12.0. The highest BCUT2D eigenvalue weighted by atomic mass is 16.3. The second kappa shape index (κ2) is 7.17. The number of phenols is 1. The molecule has 24 heavy (non-hydrogen) atoms. The van der Waals surface area contributed by atoms with Crippen LogP contribution in [-0.2, 0) is 17.8 Å². The fourth-order valence-corrected chi connectivity index (χ4v) is 2.77. The van der Waals surface area contributed by atoms with Crippen LogP contribution in [0.2, 0.25) is 0 Å². The molecule has 5 heteroatoms. The smallest absolute Gasteiger partial charge is 0.221 e. The van der Waals surface area contributed by atoms with Crippen molar-refractivity contribution in [3.63, 3.8) is 0 Å². The minimum Gasteiger partial charge on any atom is -0.508 e. The summed E-state index contributed by atoms with van der Waals surface area (Å²) >= 11 is 0. The molecule has 2 N–H and O–H groups in total. The van der Waals surface area contributed by atoms with Crippen molar-refractivity contribution in [2.24, 2.45) is 0 Å². The first-order valence-corrected chi connectivity index (χ1v) is 8.10. The largest absolute Gasteiger partial charge is 0.508 e. The normalized spacial score (nSPS) is 10.9. The average molecular weight is 323 g/mol. The predicted octanol–water partition coefficient (Wildman–Crippen LogP) is 2.80. The maximum Gasteiger partial charge on any atom is 0.221 e. The highest BCUT2D eigenvalue weighted by Gasteiger charge is 2.08. The molecule has 3 aromatic rings. The Bertz CT molecular complexity index is 837. The van der Waals surface area contributed by atoms with Crippen LogP contribution in [0.4, 0.5) is 0 Å². The third-order valence-corrected chi connectivity index (χ3v) is 4.07. The highest BCUT2D eigenvalue weighted by Crippen LogP contribution is 2.17. The molecule has 0 bridgehead atoms. The predicted molar refractivity (Wildman–Crippen MR) is 93.9 cm³/mol. The van der Waals surface area contributed by atoms with Gasteiger partial charge in [0.2, 0.25) is 5.91 Å². The van der Waals surface area contributed by atoms with Crippen LogP contribution < -0.4 is 5.32 Å². The van der Waals surface area contributed by atoms with E-state index in [1.807, 2.05) is 48.0 Å². The zero-order chi connectivity index (χ0) is 16.9. The molecule has 2 aromatic carbocycles. The third kappa shape index (κ3) is 3.74. The molecular formula is C19H21N3O2. The summed E-state index contributed by atoms with van der Waals surface area (Å²) in [5.41, 5.74) is 3.13. The van der Waals surface area contributed by atoms with Gasteiger partial charge in [0.15, 0.2) is 0 Å². The number of aromatic hydroxyl groups is 1. The Labute approximate surface area is 140 Å². The molecule has 0 atom stereocenters. The van der Waals surface area contributed by atoms with Crippen LogP contribution in [0.15, 0.2) is 48.5 Å². The molecule has 124 valence electrons. The Morgan fingerprint density at radius 1 is 1.17 bits per heavy atom. The SMILES string of the molecule is Cc1nn(CCC(=O)NCCc2ccc(O)cc2)c2ccccc12. The first kappa shape index (κ1) is 16.1. The molecule has 1 amide bonds. The Kier molecular flexibility index (Phi) is 4.79. The lowest BCUT2D eigenvalue weighted by atomic mass is 10.1. The van der Waals surface area contributed by atoms with E-state index in [0.29, 0.717) is 19.5 Å². The number of nitrogens with zero attached hydrogens (tertiary/aromatic N) is 2. The average Bonchev–Trinajstić information content (AvgIpc) is 2.91. The Morgan fingerprint density at radius 2 is 1.92 bits per heavy atom. The van der Waals surface area contributed by atoms with E-state index in [1.165, 1.54) is 0 Å². The topological polar surface area (TPSA) is 67.2 Å². The summed E-state index contributed by atoms with van der Waals surface area (Å²) in [7, 11) is 0. The van der Waals surface area contributed by atoms with Crippen LogP contribution in [-0.4, -0.2) is 27.3 Å². The standard InChI is InChI=1S/C19H21N3O2/c1-14-17-4-2-3-5-18(17)22(21-14)13-11-19(24)20-12-10-15-6-8-16(23)9-7-15/h2-9,23H,10-13H2,1H3,(H,20,24). The number of nitrogens with one attached hydrogen (secondary N) is 1. The molecule has 1 heterocycles. The minimum atomic E-state index is 0.0195. The fourth-order valence-electron chi connectivity index (χ4n) is 2.77. The molecule has 0 aliphatic carbocycles. The van der Waals surface area contributed by atoms with E-state index in [9.17, 15) is 9.90 Å². The Hall–Kier alpha value is -2.82. The van der Waals surface area contributed by atoms with Crippen molar-refractivity contribution in [2.75, 3.05) is 6.54 Å².